The summed E-state index contributed by atoms with van der Waals surface area (Å²) in [6.07, 6.45) is 1.32. The summed E-state index contributed by atoms with van der Waals surface area (Å²) >= 11 is 0. The monoisotopic (exact) mass is 448 g/mol. The molecule has 2 aliphatic rings. The van der Waals surface area contributed by atoms with E-state index in [1.165, 1.54) is 10.4 Å². The fourth-order valence-corrected chi connectivity index (χ4v) is 6.29. The lowest BCUT2D eigenvalue weighted by molar-refractivity contribution is 0.0924. The number of ether oxygens (including phenoxy) is 1. The van der Waals surface area contributed by atoms with Gasteiger partial charge in [-0.05, 0) is 49.2 Å². The van der Waals surface area contributed by atoms with Gasteiger partial charge in [0.25, 0.3) is 15.9 Å². The number of rotatable bonds is 4. The van der Waals surface area contributed by atoms with Crippen molar-refractivity contribution in [3.63, 3.8) is 0 Å². The molecule has 2 aliphatic heterocycles. The molecule has 6 nitrogen and oxygen atoms in total. The van der Waals surface area contributed by atoms with Crippen molar-refractivity contribution in [1.29, 1.82) is 0 Å². The minimum absolute atomic E-state index is 0.112. The minimum atomic E-state index is -3.81. The molecule has 0 aliphatic carbocycles. The Morgan fingerprint density at radius 3 is 2.69 bits per heavy atom. The average Bonchev–Trinajstić information content (AvgIpc) is 3.16. The lowest BCUT2D eigenvalue weighted by Crippen LogP contribution is -2.36. The third-order valence-electron chi connectivity index (χ3n) is 6.06. The number of nitrogens with zero attached hydrogens (tertiary/aromatic N) is 1. The molecule has 2 atom stereocenters. The Morgan fingerprint density at radius 1 is 1.03 bits per heavy atom. The van der Waals surface area contributed by atoms with Gasteiger partial charge >= 0.3 is 0 Å². The highest BCUT2D eigenvalue weighted by atomic mass is 32.2. The highest BCUT2D eigenvalue weighted by Gasteiger charge is 2.36. The zero-order valence-corrected chi connectivity index (χ0v) is 18.5. The topological polar surface area (TPSA) is 75.7 Å². The second-order valence-electron chi connectivity index (χ2n) is 8.21. The zero-order valence-electron chi connectivity index (χ0n) is 17.7. The smallest absolute Gasteiger partial charge is 0.264 e. The summed E-state index contributed by atoms with van der Waals surface area (Å²) in [4.78, 5) is 13.1. The van der Waals surface area contributed by atoms with Crippen LogP contribution < -0.4 is 14.4 Å². The van der Waals surface area contributed by atoms with Gasteiger partial charge < -0.3 is 10.1 Å². The summed E-state index contributed by atoms with van der Waals surface area (Å²) in [5, 5.41) is 3.04. The van der Waals surface area contributed by atoms with Crippen molar-refractivity contribution in [2.75, 3.05) is 10.9 Å². The van der Waals surface area contributed by atoms with Crippen molar-refractivity contribution >= 4 is 21.6 Å². The summed E-state index contributed by atoms with van der Waals surface area (Å²) in [5.74, 6) is 0.459. The SMILES string of the molecule is C[C@H]1Cc2ccccc2N1S(=O)(=O)c1cccc(C(=O)N[C@@H]2CCOc3ccccc32)c1. The van der Waals surface area contributed by atoms with Crippen molar-refractivity contribution < 1.29 is 17.9 Å². The van der Waals surface area contributed by atoms with Crippen LogP contribution in [0.15, 0.2) is 77.7 Å². The van der Waals surface area contributed by atoms with Crippen LogP contribution in [0.1, 0.15) is 40.9 Å². The first-order valence-corrected chi connectivity index (χ1v) is 12.1. The summed E-state index contributed by atoms with van der Waals surface area (Å²) in [5.41, 5.74) is 2.96. The van der Waals surface area contributed by atoms with Gasteiger partial charge in [-0.2, -0.15) is 0 Å². The number of benzene rings is 3. The minimum Gasteiger partial charge on any atom is -0.493 e. The van der Waals surface area contributed by atoms with Gasteiger partial charge in [0.2, 0.25) is 0 Å². The molecule has 5 rings (SSSR count). The van der Waals surface area contributed by atoms with Crippen LogP contribution in [0.5, 0.6) is 5.75 Å². The van der Waals surface area contributed by atoms with Crippen molar-refractivity contribution in [3.05, 3.63) is 89.5 Å². The highest BCUT2D eigenvalue weighted by molar-refractivity contribution is 7.92. The van der Waals surface area contributed by atoms with Crippen LogP contribution in [0.3, 0.4) is 0 Å². The van der Waals surface area contributed by atoms with Crippen LogP contribution in [-0.4, -0.2) is 27.0 Å². The van der Waals surface area contributed by atoms with E-state index in [4.69, 9.17) is 4.74 Å². The van der Waals surface area contributed by atoms with Crippen molar-refractivity contribution in [2.45, 2.75) is 36.7 Å². The van der Waals surface area contributed by atoms with Gasteiger partial charge in [-0.1, -0.05) is 42.5 Å². The van der Waals surface area contributed by atoms with Crippen LogP contribution in [-0.2, 0) is 16.4 Å². The molecule has 32 heavy (non-hydrogen) atoms. The van der Waals surface area contributed by atoms with E-state index in [9.17, 15) is 13.2 Å². The van der Waals surface area contributed by atoms with Gasteiger partial charge in [-0.3, -0.25) is 9.10 Å². The van der Waals surface area contributed by atoms with E-state index in [-0.39, 0.29) is 22.9 Å². The predicted molar refractivity (Wildman–Crippen MR) is 122 cm³/mol. The molecular formula is C25H24N2O4S. The number of para-hydroxylation sites is 2. The number of nitrogens with one attached hydrogen (secondary N) is 1. The molecule has 2 heterocycles. The van der Waals surface area contributed by atoms with Gasteiger partial charge in [0.1, 0.15) is 5.75 Å². The molecule has 164 valence electrons. The van der Waals surface area contributed by atoms with E-state index >= 15 is 0 Å². The van der Waals surface area contributed by atoms with E-state index in [2.05, 4.69) is 5.32 Å². The standard InChI is InChI=1S/C25H24N2O4S/c1-17-15-18-7-2-4-11-23(18)27(17)32(29,30)20-9-6-8-19(16-20)25(28)26-22-13-14-31-24-12-5-3-10-21(22)24/h2-12,16-17,22H,13-15H2,1H3,(H,26,28)/t17-,22+/m0/s1. The Bertz CT molecular complexity index is 1290. The summed E-state index contributed by atoms with van der Waals surface area (Å²) in [7, 11) is -3.81. The molecule has 0 saturated carbocycles. The quantitative estimate of drug-likeness (QED) is 0.653. The van der Waals surface area contributed by atoms with Gasteiger partial charge in [-0.25, -0.2) is 8.42 Å². The molecule has 0 aromatic heterocycles. The zero-order chi connectivity index (χ0) is 22.3. The fourth-order valence-electron chi connectivity index (χ4n) is 4.55. The first-order chi connectivity index (χ1) is 15.4. The molecule has 0 saturated heterocycles. The van der Waals surface area contributed by atoms with Crippen LogP contribution in [0, 0.1) is 0 Å². The number of anilines is 1. The molecule has 0 radical (unpaired) electrons. The predicted octanol–water partition coefficient (Wildman–Crippen LogP) is 4.08. The van der Waals surface area contributed by atoms with Gasteiger partial charge in [0.05, 0.1) is 23.2 Å². The maximum absolute atomic E-state index is 13.5. The highest BCUT2D eigenvalue weighted by Crippen LogP contribution is 2.37. The summed E-state index contributed by atoms with van der Waals surface area (Å²) in [6.45, 7) is 2.42. The number of carbonyl (C=O) groups is 1. The van der Waals surface area contributed by atoms with Crippen LogP contribution in [0.2, 0.25) is 0 Å². The molecule has 0 unspecified atom stereocenters. The van der Waals surface area contributed by atoms with Crippen LogP contribution in [0.4, 0.5) is 5.69 Å². The van der Waals surface area contributed by atoms with E-state index in [1.54, 1.807) is 18.2 Å². The molecule has 1 N–H and O–H groups in total. The Balaban J connectivity index is 1.42. The summed E-state index contributed by atoms with van der Waals surface area (Å²) in [6, 6.07) is 21.1. The van der Waals surface area contributed by atoms with Crippen molar-refractivity contribution in [2.24, 2.45) is 0 Å². The number of hydrogen-bond donors (Lipinski definition) is 1. The second kappa shape index (κ2) is 7.98. The Labute approximate surface area is 187 Å². The molecule has 3 aromatic carbocycles. The first kappa shape index (κ1) is 20.6. The number of sulfonamides is 1. The lowest BCUT2D eigenvalue weighted by atomic mass is 10.00. The Morgan fingerprint density at radius 2 is 1.81 bits per heavy atom. The molecular weight excluding hydrogens is 424 g/mol. The number of hydrogen-bond acceptors (Lipinski definition) is 4. The molecule has 0 bridgehead atoms. The maximum atomic E-state index is 13.5. The average molecular weight is 449 g/mol. The molecule has 0 fully saturated rings. The van der Waals surface area contributed by atoms with E-state index in [0.29, 0.717) is 30.7 Å². The number of amides is 1. The molecule has 7 heteroatoms. The van der Waals surface area contributed by atoms with Crippen LogP contribution in [0.25, 0.3) is 0 Å². The third kappa shape index (κ3) is 3.52. The number of fused-ring (bicyclic) bond motifs is 2. The van der Waals surface area contributed by atoms with E-state index in [0.717, 1.165) is 16.9 Å². The fraction of sp³-hybridized carbons (Fsp3) is 0.240. The Hall–Kier alpha value is -3.32. The van der Waals surface area contributed by atoms with E-state index in [1.807, 2.05) is 55.5 Å². The van der Waals surface area contributed by atoms with Gasteiger partial charge in [-0.15, -0.1) is 0 Å². The molecule has 0 spiro atoms. The lowest BCUT2D eigenvalue weighted by Gasteiger charge is -2.27. The van der Waals surface area contributed by atoms with Crippen molar-refractivity contribution in [1.82, 2.24) is 5.32 Å². The largest absolute Gasteiger partial charge is 0.493 e. The first-order valence-electron chi connectivity index (χ1n) is 10.7. The maximum Gasteiger partial charge on any atom is 0.264 e. The second-order valence-corrected chi connectivity index (χ2v) is 10.0. The van der Waals surface area contributed by atoms with Crippen molar-refractivity contribution in [3.8, 4) is 5.75 Å². The van der Waals surface area contributed by atoms with Gasteiger partial charge in [0.15, 0.2) is 0 Å². The third-order valence-corrected chi connectivity index (χ3v) is 7.99. The van der Waals surface area contributed by atoms with Gasteiger partial charge in [0, 0.05) is 23.6 Å². The molecule has 1 amide bonds. The van der Waals surface area contributed by atoms with E-state index < -0.39 is 10.0 Å². The summed E-state index contributed by atoms with van der Waals surface area (Å²) < 4.78 is 34.2. The molecule has 3 aromatic rings. The normalized spacial score (nSPS) is 19.6. The number of carbonyl (C=O) groups excluding carboxylic acids is 1. The Kier molecular flexibility index (Phi) is 5.13. The van der Waals surface area contributed by atoms with Crippen LogP contribution >= 0.6 is 0 Å².